The second kappa shape index (κ2) is 9.50. The second-order valence-corrected chi connectivity index (χ2v) is 11.3. The third-order valence-corrected chi connectivity index (χ3v) is 8.77. The molecule has 0 saturated carbocycles. The minimum Gasteiger partial charge on any atom is -0.455 e. The Morgan fingerprint density at radius 1 is 0.786 bits per heavy atom. The Hall–Kier alpha value is -4.55. The van der Waals surface area contributed by atoms with Crippen LogP contribution in [0.15, 0.2) is 114 Å². The molecule has 0 N–H and O–H groups in total. The van der Waals surface area contributed by atoms with Crippen LogP contribution in [-0.2, 0) is 20.1 Å². The number of hydrogen-bond donors (Lipinski definition) is 0. The maximum absolute atomic E-state index is 6.64. The van der Waals surface area contributed by atoms with Gasteiger partial charge < -0.3 is 4.42 Å². The van der Waals surface area contributed by atoms with Crippen LogP contribution in [0.3, 0.4) is 0 Å². The summed E-state index contributed by atoms with van der Waals surface area (Å²) in [5.74, 6) is 1.69. The van der Waals surface area contributed by atoms with Gasteiger partial charge in [0.05, 0.1) is 22.9 Å². The van der Waals surface area contributed by atoms with E-state index in [0.717, 1.165) is 66.8 Å². The molecule has 0 unspecified atom stereocenters. The van der Waals surface area contributed by atoms with Crippen LogP contribution in [0.1, 0.15) is 4.88 Å². The number of rotatable bonds is 3. The molecule has 9 aromatic rings. The molecule has 7 heteroatoms. The number of aryl methyl sites for hydroxylation is 1. The molecule has 0 atom stereocenters. The number of nitrogens with zero attached hydrogens (tertiary/aromatic N) is 4. The van der Waals surface area contributed by atoms with Crippen molar-refractivity contribution in [3.05, 3.63) is 120 Å². The summed E-state index contributed by atoms with van der Waals surface area (Å²) in [6.07, 6.45) is 1.90. The number of para-hydroxylation sites is 2. The fourth-order valence-electron chi connectivity index (χ4n) is 6.15. The molecule has 0 spiro atoms. The average Bonchev–Trinajstić information content (AvgIpc) is 3.80. The summed E-state index contributed by atoms with van der Waals surface area (Å²) in [6.45, 7) is 2.13. The first-order valence-electron chi connectivity index (χ1n) is 13.5. The van der Waals surface area contributed by atoms with Crippen molar-refractivity contribution in [1.82, 2.24) is 19.2 Å². The summed E-state index contributed by atoms with van der Waals surface area (Å²) in [5.41, 5.74) is 7.72. The fraction of sp³-hybridized carbons (Fsp3) is 0.0286. The molecule has 0 aliphatic carbocycles. The van der Waals surface area contributed by atoms with E-state index in [4.69, 9.17) is 14.5 Å². The monoisotopic (exact) mass is 738 g/mol. The average molecular weight is 738 g/mol. The van der Waals surface area contributed by atoms with Crippen molar-refractivity contribution < 1.29 is 24.5 Å². The number of furan rings is 1. The van der Waals surface area contributed by atoms with E-state index in [1.807, 2.05) is 35.0 Å². The zero-order valence-corrected chi connectivity index (χ0v) is 25.5. The minimum atomic E-state index is 0. The van der Waals surface area contributed by atoms with Crippen molar-refractivity contribution in [2.24, 2.45) is 0 Å². The Morgan fingerprint density at radius 3 is 2.26 bits per heavy atom. The molecule has 0 fully saturated rings. The van der Waals surface area contributed by atoms with Gasteiger partial charge in [-0.25, -0.2) is 4.98 Å². The van der Waals surface area contributed by atoms with E-state index in [1.165, 1.54) is 15.6 Å². The SMILES string of the molecule is Cc1s[c-]c2c1c1cc(-c3ccccc3)oc1c1c(-c3cccc(-n4c5ccccc5c5ccccc54)n3)cnn21.[Ir]. The Bertz CT molecular complexity index is 2400. The summed E-state index contributed by atoms with van der Waals surface area (Å²) in [4.78, 5) is 6.42. The molecule has 0 bridgehead atoms. The van der Waals surface area contributed by atoms with Gasteiger partial charge in [0, 0.05) is 42.0 Å². The standard InChI is InChI=1S/C35H21N4OS.Ir/c1-21-33-25-18-31(22-10-3-2-4-11-22)40-35(25)34-26(19-36-39(34)30(33)20-41-21)27-14-9-17-32(37-27)38-28-15-7-5-12-23(28)24-13-6-8-16-29(24)38;/h2-19H,1H3;/q-1;. The van der Waals surface area contributed by atoms with E-state index >= 15 is 0 Å². The molecule has 9 rings (SSSR count). The number of thiophene rings is 1. The molecule has 0 aliphatic heterocycles. The molecular formula is C35H21IrN4OS-. The van der Waals surface area contributed by atoms with E-state index in [-0.39, 0.29) is 20.1 Å². The third-order valence-electron chi connectivity index (χ3n) is 7.97. The summed E-state index contributed by atoms with van der Waals surface area (Å²) in [5, 5.41) is 13.0. The smallest absolute Gasteiger partial charge is 0.148 e. The molecule has 3 aromatic carbocycles. The van der Waals surface area contributed by atoms with E-state index in [2.05, 4.69) is 95.7 Å². The van der Waals surface area contributed by atoms with Crippen LogP contribution in [0.2, 0.25) is 0 Å². The van der Waals surface area contributed by atoms with Gasteiger partial charge in [0.1, 0.15) is 22.7 Å². The number of aromatic nitrogens is 4. The van der Waals surface area contributed by atoms with E-state index in [1.54, 1.807) is 11.3 Å². The molecule has 42 heavy (non-hydrogen) atoms. The molecule has 0 saturated heterocycles. The maximum atomic E-state index is 6.64. The topological polar surface area (TPSA) is 48.3 Å². The van der Waals surface area contributed by atoms with Gasteiger partial charge in [-0.3, -0.25) is 20.4 Å². The van der Waals surface area contributed by atoms with Gasteiger partial charge in [-0.1, -0.05) is 85.1 Å². The second-order valence-electron chi connectivity index (χ2n) is 10.3. The molecule has 0 amide bonds. The van der Waals surface area contributed by atoms with Crippen molar-refractivity contribution in [3.63, 3.8) is 0 Å². The quantitative estimate of drug-likeness (QED) is 0.170. The summed E-state index contributed by atoms with van der Waals surface area (Å²) in [6, 6.07) is 35.6. The number of fused-ring (bicyclic) bond motifs is 9. The normalized spacial score (nSPS) is 11.7. The van der Waals surface area contributed by atoms with Crippen molar-refractivity contribution in [2.45, 2.75) is 6.92 Å². The van der Waals surface area contributed by atoms with Crippen LogP contribution >= 0.6 is 11.3 Å². The van der Waals surface area contributed by atoms with Crippen LogP contribution in [0.5, 0.6) is 0 Å². The first-order valence-corrected chi connectivity index (χ1v) is 14.3. The zero-order valence-electron chi connectivity index (χ0n) is 22.3. The largest absolute Gasteiger partial charge is 0.455 e. The first-order chi connectivity index (χ1) is 20.3. The molecule has 5 nitrogen and oxygen atoms in total. The summed E-state index contributed by atoms with van der Waals surface area (Å²) >= 11 is 1.61. The predicted octanol–water partition coefficient (Wildman–Crippen LogP) is 9.23. The van der Waals surface area contributed by atoms with Gasteiger partial charge in [-0.15, -0.1) is 10.3 Å². The van der Waals surface area contributed by atoms with Crippen LogP contribution in [0, 0.1) is 12.3 Å². The number of pyridine rings is 2. The summed E-state index contributed by atoms with van der Waals surface area (Å²) < 4.78 is 10.8. The van der Waals surface area contributed by atoms with Gasteiger partial charge in [-0.2, -0.15) is 5.10 Å². The first kappa shape index (κ1) is 25.2. The number of benzene rings is 3. The molecule has 203 valence electrons. The van der Waals surface area contributed by atoms with Gasteiger partial charge >= 0.3 is 0 Å². The molecular weight excluding hydrogens is 717 g/mol. The van der Waals surface area contributed by atoms with Crippen molar-refractivity contribution >= 4 is 60.5 Å². The predicted molar refractivity (Wildman–Crippen MR) is 167 cm³/mol. The van der Waals surface area contributed by atoms with Crippen LogP contribution in [-0.4, -0.2) is 19.2 Å². The van der Waals surface area contributed by atoms with Crippen LogP contribution in [0.25, 0.3) is 77.6 Å². The van der Waals surface area contributed by atoms with Gasteiger partial charge in [0.15, 0.2) is 0 Å². The molecule has 6 aromatic heterocycles. The Morgan fingerprint density at radius 2 is 1.50 bits per heavy atom. The molecule has 0 aliphatic rings. The minimum absolute atomic E-state index is 0. The Labute approximate surface area is 258 Å². The van der Waals surface area contributed by atoms with Gasteiger partial charge in [0.2, 0.25) is 0 Å². The van der Waals surface area contributed by atoms with Gasteiger partial charge in [0.25, 0.3) is 0 Å². The van der Waals surface area contributed by atoms with Crippen molar-refractivity contribution in [3.8, 4) is 28.4 Å². The van der Waals surface area contributed by atoms with Crippen molar-refractivity contribution in [2.75, 3.05) is 0 Å². The van der Waals surface area contributed by atoms with Crippen LogP contribution in [0.4, 0.5) is 0 Å². The Balaban J connectivity index is 0.00000267. The van der Waals surface area contributed by atoms with Crippen LogP contribution < -0.4 is 0 Å². The third kappa shape index (κ3) is 3.51. The molecule has 1 radical (unpaired) electrons. The van der Waals surface area contributed by atoms with E-state index in [0.29, 0.717) is 0 Å². The Kier molecular flexibility index (Phi) is 5.69. The molecule has 6 heterocycles. The van der Waals surface area contributed by atoms with Gasteiger partial charge in [-0.05, 0) is 41.2 Å². The summed E-state index contributed by atoms with van der Waals surface area (Å²) in [7, 11) is 0. The van der Waals surface area contributed by atoms with E-state index < -0.39 is 0 Å². The zero-order chi connectivity index (χ0) is 27.1. The maximum Gasteiger partial charge on any atom is 0.148 e. The van der Waals surface area contributed by atoms with E-state index in [9.17, 15) is 0 Å². The fourth-order valence-corrected chi connectivity index (χ4v) is 6.90. The number of hydrogen-bond acceptors (Lipinski definition) is 4. The van der Waals surface area contributed by atoms with Crippen molar-refractivity contribution in [1.29, 1.82) is 0 Å².